The van der Waals surface area contributed by atoms with Crippen molar-refractivity contribution >= 4 is 33.3 Å². The van der Waals surface area contributed by atoms with Gasteiger partial charge in [0.15, 0.2) is 0 Å². The van der Waals surface area contributed by atoms with Crippen LogP contribution in [0, 0.1) is 0 Å². The third-order valence-corrected chi connectivity index (χ3v) is 4.49. The standard InChI is InChI=1S/C15H14ClNO4S/c1-2-21-15(18)13-10-11(8-9-14(13)16)17-22(19,20)12-6-4-3-5-7-12/h3-10,17H,2H2,1H3. The Bertz CT molecular complexity index is 775. The Morgan fingerprint density at radius 2 is 1.86 bits per heavy atom. The van der Waals surface area contributed by atoms with Crippen molar-refractivity contribution in [2.45, 2.75) is 11.8 Å². The number of ether oxygens (including phenoxy) is 1. The smallest absolute Gasteiger partial charge is 0.339 e. The van der Waals surface area contributed by atoms with E-state index in [-0.39, 0.29) is 27.8 Å². The van der Waals surface area contributed by atoms with Crippen LogP contribution >= 0.6 is 11.6 Å². The second kappa shape index (κ2) is 6.81. The molecule has 0 saturated carbocycles. The van der Waals surface area contributed by atoms with E-state index < -0.39 is 16.0 Å². The van der Waals surface area contributed by atoms with Crippen LogP contribution in [0.4, 0.5) is 5.69 Å². The molecule has 0 aliphatic carbocycles. The molecular weight excluding hydrogens is 326 g/mol. The van der Waals surface area contributed by atoms with Gasteiger partial charge in [0.1, 0.15) is 0 Å². The molecule has 0 heterocycles. The van der Waals surface area contributed by atoms with E-state index in [2.05, 4.69) is 4.72 Å². The topological polar surface area (TPSA) is 72.5 Å². The number of hydrogen-bond acceptors (Lipinski definition) is 4. The van der Waals surface area contributed by atoms with Crippen molar-refractivity contribution in [3.05, 3.63) is 59.1 Å². The van der Waals surface area contributed by atoms with Gasteiger partial charge in [-0.3, -0.25) is 4.72 Å². The van der Waals surface area contributed by atoms with Gasteiger partial charge in [-0.05, 0) is 37.3 Å². The number of hydrogen-bond donors (Lipinski definition) is 1. The van der Waals surface area contributed by atoms with Crippen molar-refractivity contribution in [2.75, 3.05) is 11.3 Å². The highest BCUT2D eigenvalue weighted by Crippen LogP contribution is 2.23. The molecule has 0 saturated heterocycles. The fourth-order valence-electron chi connectivity index (χ4n) is 1.77. The molecule has 0 spiro atoms. The van der Waals surface area contributed by atoms with Crippen molar-refractivity contribution < 1.29 is 17.9 Å². The average Bonchev–Trinajstić information content (AvgIpc) is 2.50. The molecule has 7 heteroatoms. The molecule has 0 radical (unpaired) electrons. The number of rotatable bonds is 5. The minimum absolute atomic E-state index is 0.108. The maximum atomic E-state index is 12.2. The minimum Gasteiger partial charge on any atom is -0.462 e. The maximum absolute atomic E-state index is 12.2. The van der Waals surface area contributed by atoms with Gasteiger partial charge < -0.3 is 4.74 Å². The number of sulfonamides is 1. The number of carbonyl (C=O) groups is 1. The Morgan fingerprint density at radius 1 is 1.18 bits per heavy atom. The number of halogens is 1. The van der Waals surface area contributed by atoms with Crippen molar-refractivity contribution in [1.82, 2.24) is 0 Å². The Balaban J connectivity index is 2.31. The molecule has 22 heavy (non-hydrogen) atoms. The van der Waals surface area contributed by atoms with E-state index in [9.17, 15) is 13.2 Å². The molecule has 5 nitrogen and oxygen atoms in total. The van der Waals surface area contributed by atoms with Gasteiger partial charge in [-0.1, -0.05) is 29.8 Å². The lowest BCUT2D eigenvalue weighted by Gasteiger charge is -2.10. The Kier molecular flexibility index (Phi) is 5.05. The van der Waals surface area contributed by atoms with Crippen molar-refractivity contribution in [2.24, 2.45) is 0 Å². The van der Waals surface area contributed by atoms with Crippen LogP contribution in [-0.2, 0) is 14.8 Å². The second-order valence-corrected chi connectivity index (χ2v) is 6.42. The lowest BCUT2D eigenvalue weighted by atomic mass is 10.2. The molecule has 0 fully saturated rings. The van der Waals surface area contributed by atoms with Crippen LogP contribution in [0.2, 0.25) is 5.02 Å². The Morgan fingerprint density at radius 3 is 2.50 bits per heavy atom. The second-order valence-electron chi connectivity index (χ2n) is 4.33. The minimum atomic E-state index is -3.73. The summed E-state index contributed by atoms with van der Waals surface area (Å²) >= 11 is 5.94. The summed E-state index contributed by atoms with van der Waals surface area (Å²) in [6.07, 6.45) is 0. The SMILES string of the molecule is CCOC(=O)c1cc(NS(=O)(=O)c2ccccc2)ccc1Cl. The zero-order chi connectivity index (χ0) is 16.2. The molecule has 0 aromatic heterocycles. The molecular formula is C15H14ClNO4S. The largest absolute Gasteiger partial charge is 0.462 e. The highest BCUT2D eigenvalue weighted by atomic mass is 35.5. The quantitative estimate of drug-likeness (QED) is 0.848. The molecule has 0 atom stereocenters. The molecule has 2 aromatic rings. The van der Waals surface area contributed by atoms with Crippen LogP contribution in [-0.4, -0.2) is 21.0 Å². The first-order chi connectivity index (χ1) is 10.4. The van der Waals surface area contributed by atoms with Crippen molar-refractivity contribution in [3.63, 3.8) is 0 Å². The first-order valence-corrected chi connectivity index (χ1v) is 8.34. The van der Waals surface area contributed by atoms with E-state index in [1.54, 1.807) is 25.1 Å². The predicted molar refractivity (Wildman–Crippen MR) is 84.7 cm³/mol. The van der Waals surface area contributed by atoms with E-state index in [0.717, 1.165) is 0 Å². The summed E-state index contributed by atoms with van der Waals surface area (Å²) in [5.74, 6) is -0.603. The fourth-order valence-corrected chi connectivity index (χ4v) is 3.03. The van der Waals surface area contributed by atoms with Crippen LogP contribution in [0.1, 0.15) is 17.3 Å². The van der Waals surface area contributed by atoms with Gasteiger partial charge in [0.25, 0.3) is 10.0 Å². The molecule has 0 bridgehead atoms. The monoisotopic (exact) mass is 339 g/mol. The number of nitrogens with one attached hydrogen (secondary N) is 1. The van der Waals surface area contributed by atoms with Gasteiger partial charge >= 0.3 is 5.97 Å². The van der Waals surface area contributed by atoms with Gasteiger partial charge in [-0.25, -0.2) is 13.2 Å². The first kappa shape index (κ1) is 16.3. The van der Waals surface area contributed by atoms with E-state index in [1.165, 1.54) is 30.3 Å². The summed E-state index contributed by atoms with van der Waals surface area (Å²) in [4.78, 5) is 11.9. The van der Waals surface area contributed by atoms with Crippen LogP contribution in [0.3, 0.4) is 0 Å². The third-order valence-electron chi connectivity index (χ3n) is 2.77. The first-order valence-electron chi connectivity index (χ1n) is 6.48. The fraction of sp³-hybridized carbons (Fsp3) is 0.133. The third kappa shape index (κ3) is 3.78. The highest BCUT2D eigenvalue weighted by molar-refractivity contribution is 7.92. The predicted octanol–water partition coefficient (Wildman–Crippen LogP) is 3.32. The van der Waals surface area contributed by atoms with Gasteiger partial charge in [0.05, 0.1) is 22.1 Å². The zero-order valence-corrected chi connectivity index (χ0v) is 13.3. The van der Waals surface area contributed by atoms with Gasteiger partial charge in [0.2, 0.25) is 0 Å². The van der Waals surface area contributed by atoms with E-state index >= 15 is 0 Å². The van der Waals surface area contributed by atoms with Crippen LogP contribution in [0.25, 0.3) is 0 Å². The number of carbonyl (C=O) groups excluding carboxylic acids is 1. The van der Waals surface area contributed by atoms with Gasteiger partial charge in [-0.2, -0.15) is 0 Å². The molecule has 2 rings (SSSR count). The summed E-state index contributed by atoms with van der Waals surface area (Å²) in [6, 6.07) is 12.2. The van der Waals surface area contributed by atoms with E-state index in [0.29, 0.717) is 0 Å². The molecule has 2 aromatic carbocycles. The Hall–Kier alpha value is -2.05. The lowest BCUT2D eigenvalue weighted by Crippen LogP contribution is -2.13. The van der Waals surface area contributed by atoms with Crippen molar-refractivity contribution in [1.29, 1.82) is 0 Å². The number of esters is 1. The summed E-state index contributed by atoms with van der Waals surface area (Å²) in [5.41, 5.74) is 0.341. The van der Waals surface area contributed by atoms with Crippen LogP contribution < -0.4 is 4.72 Å². The molecule has 0 aliphatic heterocycles. The van der Waals surface area contributed by atoms with Gasteiger partial charge in [0, 0.05) is 5.69 Å². The highest BCUT2D eigenvalue weighted by Gasteiger charge is 2.17. The zero-order valence-electron chi connectivity index (χ0n) is 11.7. The normalized spacial score (nSPS) is 11.0. The lowest BCUT2D eigenvalue weighted by molar-refractivity contribution is 0.0526. The van der Waals surface area contributed by atoms with E-state index in [4.69, 9.17) is 16.3 Å². The average molecular weight is 340 g/mol. The molecule has 0 unspecified atom stereocenters. The molecule has 116 valence electrons. The molecule has 0 aliphatic rings. The van der Waals surface area contributed by atoms with E-state index in [1.807, 2.05) is 0 Å². The summed E-state index contributed by atoms with van der Waals surface area (Å²) in [7, 11) is -3.73. The van der Waals surface area contributed by atoms with Crippen LogP contribution in [0.5, 0.6) is 0 Å². The molecule has 1 N–H and O–H groups in total. The maximum Gasteiger partial charge on any atom is 0.339 e. The summed E-state index contributed by atoms with van der Waals surface area (Å²) < 4.78 is 31.7. The summed E-state index contributed by atoms with van der Waals surface area (Å²) in [6.45, 7) is 1.88. The van der Waals surface area contributed by atoms with Gasteiger partial charge in [-0.15, -0.1) is 0 Å². The summed E-state index contributed by atoms with van der Waals surface area (Å²) in [5, 5.41) is 0.195. The van der Waals surface area contributed by atoms with Crippen molar-refractivity contribution in [3.8, 4) is 0 Å². The van der Waals surface area contributed by atoms with Crippen LogP contribution in [0.15, 0.2) is 53.4 Å². The Labute approximate surface area is 133 Å². The number of anilines is 1. The number of benzene rings is 2. The molecule has 0 amide bonds.